The number of alkyl carbamates (subject to hydrolysis) is 1. The molecule has 15 nitrogen and oxygen atoms in total. The van der Waals surface area contributed by atoms with E-state index >= 15 is 0 Å². The zero-order valence-electron chi connectivity index (χ0n) is 33.2. The summed E-state index contributed by atoms with van der Waals surface area (Å²) in [5, 5.41) is 23.7. The van der Waals surface area contributed by atoms with E-state index in [0.29, 0.717) is 33.8 Å². The van der Waals surface area contributed by atoms with Gasteiger partial charge < -0.3 is 35.1 Å². The lowest BCUT2D eigenvalue weighted by molar-refractivity contribution is -0.141. The van der Waals surface area contributed by atoms with Gasteiger partial charge in [-0.15, -0.1) is 17.9 Å². The average molecular weight is 821 g/mol. The fourth-order valence-electron chi connectivity index (χ4n) is 7.87. The normalized spacial score (nSPS) is 21.6. The van der Waals surface area contributed by atoms with E-state index in [9.17, 15) is 24.4 Å². The number of methoxy groups -OCH3 is 1. The summed E-state index contributed by atoms with van der Waals surface area (Å²) in [5.74, 6) is -1.16. The standard InChI is InChI=1S/C43H48N8O7S/c1-5-27-21-43(27,40(54)45-24-44)50-38(52)36-19-30(22-51(36)39(53)34(17-26-11-7-6-8-12-26)49-42(55)58-28-13-9-10-14-28)57-37-20-33(35-23-59-41(48-35)46-25(2)3)47-32-18-29(56-4)15-16-31(32)37/h5-8,11-12,15-16,18,20,23,25,27-28,30,34,36H,1,9-10,13-14,17,19,21-22H2,2-4H3,(H,45,54)(H,46,48)(H,49,55)(H,50,52)/t27?,30-,34-,36+,43-/m1/s1. The third kappa shape index (κ3) is 9.25. The fourth-order valence-corrected chi connectivity index (χ4v) is 8.73. The predicted molar refractivity (Wildman–Crippen MR) is 221 cm³/mol. The van der Waals surface area contributed by atoms with Crippen LogP contribution in [0.2, 0.25) is 0 Å². The predicted octanol–water partition coefficient (Wildman–Crippen LogP) is 5.47. The molecule has 2 saturated carbocycles. The molecular formula is C43H48N8O7S. The van der Waals surface area contributed by atoms with Crippen LogP contribution in [0.4, 0.5) is 9.93 Å². The zero-order valence-corrected chi connectivity index (χ0v) is 34.1. The molecule has 3 fully saturated rings. The van der Waals surface area contributed by atoms with Gasteiger partial charge in [0.15, 0.2) is 11.3 Å². The maximum atomic E-state index is 14.8. The Morgan fingerprint density at radius 3 is 2.54 bits per heavy atom. The topological polar surface area (TPSA) is 197 Å². The molecule has 1 aliphatic heterocycles. The van der Waals surface area contributed by atoms with E-state index in [2.05, 4.69) is 27.8 Å². The summed E-state index contributed by atoms with van der Waals surface area (Å²) < 4.78 is 18.0. The number of thiazole rings is 1. The number of rotatable bonds is 15. The van der Waals surface area contributed by atoms with E-state index in [1.165, 1.54) is 16.2 Å². The Labute approximate surface area is 346 Å². The summed E-state index contributed by atoms with van der Waals surface area (Å²) in [5.41, 5.74) is 1.16. The van der Waals surface area contributed by atoms with E-state index in [4.69, 9.17) is 24.2 Å². The molecule has 3 aliphatic rings. The van der Waals surface area contributed by atoms with Crippen LogP contribution in [0.25, 0.3) is 22.3 Å². The first-order chi connectivity index (χ1) is 28.5. The summed E-state index contributed by atoms with van der Waals surface area (Å²) in [6.45, 7) is 7.83. The Morgan fingerprint density at radius 2 is 1.85 bits per heavy atom. The molecule has 0 spiro atoms. The summed E-state index contributed by atoms with van der Waals surface area (Å²) in [6, 6.07) is 14.5. The molecule has 2 aliphatic carbocycles. The minimum absolute atomic E-state index is 0.0295. The average Bonchev–Trinajstić information content (AvgIpc) is 3.63. The van der Waals surface area contributed by atoms with Crippen LogP contribution < -0.4 is 30.7 Å². The van der Waals surface area contributed by atoms with Gasteiger partial charge >= 0.3 is 6.09 Å². The summed E-state index contributed by atoms with van der Waals surface area (Å²) in [4.78, 5) is 66.7. The highest BCUT2D eigenvalue weighted by Gasteiger charge is 2.61. The molecule has 3 heterocycles. The molecule has 4 N–H and O–H groups in total. The van der Waals surface area contributed by atoms with Crippen molar-refractivity contribution in [2.24, 2.45) is 5.92 Å². The lowest BCUT2D eigenvalue weighted by atomic mass is 10.0. The first-order valence-electron chi connectivity index (χ1n) is 19.8. The summed E-state index contributed by atoms with van der Waals surface area (Å²) in [6.07, 6.45) is 5.38. The molecule has 59 heavy (non-hydrogen) atoms. The van der Waals surface area contributed by atoms with Crippen molar-refractivity contribution in [2.75, 3.05) is 19.0 Å². The second-order valence-corrected chi connectivity index (χ2v) is 16.3. The second-order valence-electron chi connectivity index (χ2n) is 15.5. The number of nitriles is 1. The number of amides is 4. The van der Waals surface area contributed by atoms with Crippen LogP contribution in [0.3, 0.4) is 0 Å². The first kappa shape index (κ1) is 41.0. The largest absolute Gasteiger partial charge is 0.497 e. The molecule has 2 aromatic carbocycles. The van der Waals surface area contributed by atoms with Crippen LogP contribution in [0.1, 0.15) is 57.9 Å². The van der Waals surface area contributed by atoms with Gasteiger partial charge in [0.05, 0.1) is 24.9 Å². The number of ether oxygens (including phenoxy) is 3. The molecule has 0 bridgehead atoms. The zero-order chi connectivity index (χ0) is 41.7. The van der Waals surface area contributed by atoms with Crippen LogP contribution in [-0.4, -0.2) is 88.2 Å². The van der Waals surface area contributed by atoms with Gasteiger partial charge in [-0.1, -0.05) is 36.4 Å². The number of fused-ring (bicyclic) bond motifs is 1. The lowest BCUT2D eigenvalue weighted by Crippen LogP contribution is -2.58. The van der Waals surface area contributed by atoms with Crippen molar-refractivity contribution in [1.82, 2.24) is 30.8 Å². The van der Waals surface area contributed by atoms with Gasteiger partial charge in [-0.2, -0.15) is 5.26 Å². The highest BCUT2D eigenvalue weighted by atomic mass is 32.1. The van der Waals surface area contributed by atoms with Crippen molar-refractivity contribution >= 4 is 51.2 Å². The first-order valence-corrected chi connectivity index (χ1v) is 20.7. The Kier molecular flexibility index (Phi) is 12.3. The van der Waals surface area contributed by atoms with E-state index in [1.807, 2.05) is 55.6 Å². The van der Waals surface area contributed by atoms with Crippen LogP contribution in [-0.2, 0) is 25.5 Å². The smallest absolute Gasteiger partial charge is 0.408 e. The number of hydrogen-bond acceptors (Lipinski definition) is 12. The van der Waals surface area contributed by atoms with Crippen molar-refractivity contribution < 1.29 is 33.4 Å². The number of carbonyl (C=O) groups excluding carboxylic acids is 4. The van der Waals surface area contributed by atoms with E-state index in [0.717, 1.165) is 36.4 Å². The Bertz CT molecular complexity index is 2250. The molecule has 7 rings (SSSR count). The number of nitrogens with one attached hydrogen (secondary N) is 4. The van der Waals surface area contributed by atoms with Crippen molar-refractivity contribution in [3.05, 3.63) is 78.2 Å². The molecule has 0 radical (unpaired) electrons. The minimum Gasteiger partial charge on any atom is -0.497 e. The van der Waals surface area contributed by atoms with E-state index in [1.54, 1.807) is 37.6 Å². The third-order valence-corrected chi connectivity index (χ3v) is 11.7. The number of pyridine rings is 1. The Hall–Kier alpha value is -6.21. The molecule has 1 saturated heterocycles. The molecule has 2 aromatic heterocycles. The van der Waals surface area contributed by atoms with Gasteiger partial charge in [0.2, 0.25) is 11.8 Å². The van der Waals surface area contributed by atoms with Crippen molar-refractivity contribution in [3.63, 3.8) is 0 Å². The van der Waals surface area contributed by atoms with Crippen LogP contribution in [0, 0.1) is 17.4 Å². The van der Waals surface area contributed by atoms with Crippen LogP contribution in [0.5, 0.6) is 11.5 Å². The second kappa shape index (κ2) is 17.7. The highest BCUT2D eigenvalue weighted by Crippen LogP contribution is 2.45. The lowest BCUT2D eigenvalue weighted by Gasteiger charge is -2.30. The number of carbonyl (C=O) groups is 4. The fraction of sp³-hybridized carbons (Fsp3) is 0.419. The highest BCUT2D eigenvalue weighted by molar-refractivity contribution is 7.14. The van der Waals surface area contributed by atoms with Crippen molar-refractivity contribution in [2.45, 2.75) is 94.7 Å². The van der Waals surface area contributed by atoms with Crippen molar-refractivity contribution in [3.8, 4) is 29.1 Å². The molecule has 16 heteroatoms. The number of aromatic nitrogens is 2. The summed E-state index contributed by atoms with van der Waals surface area (Å²) >= 11 is 1.46. The van der Waals surface area contributed by atoms with Gasteiger partial charge in [-0.05, 0) is 63.6 Å². The quantitative estimate of drug-likeness (QED) is 0.0674. The number of benzene rings is 2. The molecule has 5 atom stereocenters. The Balaban J connectivity index is 1.22. The molecule has 308 valence electrons. The SMILES string of the molecule is C=CC1C[C@]1(NC(=O)[C@@H]1C[C@@H](Oc2cc(-c3csc(NC(C)C)n3)nc3cc(OC)ccc23)CN1C(=O)[C@@H](Cc1ccccc1)NC(=O)OC1CCCC1)C(=O)NC#N. The third-order valence-electron chi connectivity index (χ3n) is 11.0. The molecule has 4 aromatic rings. The van der Waals surface area contributed by atoms with Gasteiger partial charge in [0.1, 0.15) is 47.0 Å². The number of nitrogens with zero attached hydrogens (tertiary/aromatic N) is 4. The summed E-state index contributed by atoms with van der Waals surface area (Å²) in [7, 11) is 1.57. The molecular weight excluding hydrogens is 773 g/mol. The number of anilines is 1. The van der Waals surface area contributed by atoms with E-state index in [-0.39, 0.29) is 38.0 Å². The Morgan fingerprint density at radius 1 is 1.07 bits per heavy atom. The van der Waals surface area contributed by atoms with Gasteiger partial charge in [0, 0.05) is 47.7 Å². The molecule has 4 amide bonds. The maximum Gasteiger partial charge on any atom is 0.408 e. The van der Waals surface area contributed by atoms with Crippen LogP contribution >= 0.6 is 11.3 Å². The van der Waals surface area contributed by atoms with Gasteiger partial charge in [-0.3, -0.25) is 19.7 Å². The van der Waals surface area contributed by atoms with E-state index < -0.39 is 53.5 Å². The maximum absolute atomic E-state index is 14.8. The number of likely N-dealkylation sites (tertiary alicyclic amines) is 1. The molecule has 1 unspecified atom stereocenters. The minimum atomic E-state index is -1.40. The monoisotopic (exact) mass is 820 g/mol. The van der Waals surface area contributed by atoms with Crippen molar-refractivity contribution in [1.29, 1.82) is 5.26 Å². The van der Waals surface area contributed by atoms with Gasteiger partial charge in [0.25, 0.3) is 5.91 Å². The van der Waals surface area contributed by atoms with Gasteiger partial charge in [-0.25, -0.2) is 14.8 Å². The van der Waals surface area contributed by atoms with Crippen LogP contribution in [0.15, 0.2) is 72.6 Å². The number of hydrogen-bond donors (Lipinski definition) is 4.